The summed E-state index contributed by atoms with van der Waals surface area (Å²) in [5.74, 6) is -11.5. The van der Waals surface area contributed by atoms with Crippen molar-refractivity contribution in [1.29, 1.82) is 0 Å². The minimum atomic E-state index is -1.58. The zero-order chi connectivity index (χ0) is 48.8. The van der Waals surface area contributed by atoms with E-state index in [0.29, 0.717) is 33.9 Å². The Labute approximate surface area is 377 Å². The van der Waals surface area contributed by atoms with Crippen molar-refractivity contribution in [3.63, 3.8) is 0 Å². The fraction of sp³-hybridized carbons (Fsp3) is 0.638. The third-order valence-corrected chi connectivity index (χ3v) is 15.8. The first-order chi connectivity index (χ1) is 30.1. The molecule has 0 saturated carbocycles. The van der Waals surface area contributed by atoms with Gasteiger partial charge in [-0.25, -0.2) is 0 Å². The van der Waals surface area contributed by atoms with Gasteiger partial charge in [-0.1, -0.05) is 47.6 Å². The van der Waals surface area contributed by atoms with Gasteiger partial charge in [0.15, 0.2) is 0 Å². The number of nitrogens with zero attached hydrogens (tertiary/aromatic N) is 2. The lowest BCUT2D eigenvalue weighted by molar-refractivity contribution is -0.144. The van der Waals surface area contributed by atoms with E-state index in [-0.39, 0.29) is 57.1 Å². The van der Waals surface area contributed by atoms with E-state index in [1.807, 2.05) is 27.7 Å². The van der Waals surface area contributed by atoms with Gasteiger partial charge in [0.1, 0.15) is 0 Å². The van der Waals surface area contributed by atoms with E-state index in [1.165, 1.54) is 0 Å². The summed E-state index contributed by atoms with van der Waals surface area (Å²) in [4.78, 5) is 99.2. The molecule has 9 N–H and O–H groups in total. The summed E-state index contributed by atoms with van der Waals surface area (Å²) in [5.41, 5.74) is -3.53. The molecule has 1 unspecified atom stereocenters. The van der Waals surface area contributed by atoms with Crippen molar-refractivity contribution in [2.45, 2.75) is 143 Å². The smallest absolute Gasteiger partial charge is 0.304 e. The number of hydrogen-bond acceptors (Lipinski definition) is 11. The number of fused-ring (bicyclic) bond motifs is 7. The van der Waals surface area contributed by atoms with Crippen LogP contribution in [0.3, 0.4) is 0 Å². The molecule has 18 nitrogen and oxygen atoms in total. The van der Waals surface area contributed by atoms with Crippen LogP contribution in [0.15, 0.2) is 57.0 Å². The monoisotopic (exact) mass is 908 g/mol. The molecule has 2 saturated heterocycles. The molecule has 0 spiro atoms. The number of aliphatic carboxylic acids is 7. The van der Waals surface area contributed by atoms with E-state index in [2.05, 4.69) is 17.2 Å². The standard InChI is InChI=1S/C47H64N4O14/c1-9-10-24-39-27(13-16-33(56)57)46(7,22-37(64)65)47(8,51-39)42-28(19-35(60)61)44(5,18-17-34(58)59)40(50-42)23(2)38-26(12-15-32(54)55)43(3,4)30(49-38)20-29-25(11-14-31(52)53)45(6,21-36(62)63)41(24)48-29/h9,20,23,25,27-28,40,42,48,50H,1,10-19,21-22H2,2-8H3,(H,52,53)(H,54,55)(H,56,57)(H,58,59)(H,60,61)(H,62,63)(H,64,65)/b29-20-,41-24-/t23-,25-,27-,28+,40?,42-,44-,45+,46+,47+/m1/s1. The molecule has 0 aliphatic carbocycles. The maximum atomic E-state index is 13.2. The van der Waals surface area contributed by atoms with Crippen molar-refractivity contribution >= 4 is 53.2 Å². The molecule has 5 heterocycles. The minimum absolute atomic E-state index is 0.0161. The van der Waals surface area contributed by atoms with Crippen LogP contribution >= 0.6 is 0 Å². The lowest BCUT2D eigenvalue weighted by atomic mass is 9.56. The van der Waals surface area contributed by atoms with Crippen LogP contribution < -0.4 is 10.6 Å². The molecule has 0 aromatic carbocycles. The first-order valence-electron chi connectivity index (χ1n) is 22.1. The Morgan fingerprint density at radius 2 is 1.31 bits per heavy atom. The van der Waals surface area contributed by atoms with Gasteiger partial charge in [-0.3, -0.25) is 43.5 Å². The lowest BCUT2D eigenvalue weighted by Crippen LogP contribution is -2.59. The predicted molar refractivity (Wildman–Crippen MR) is 236 cm³/mol. The Morgan fingerprint density at radius 1 is 0.738 bits per heavy atom. The van der Waals surface area contributed by atoms with Crippen molar-refractivity contribution in [1.82, 2.24) is 10.6 Å². The van der Waals surface area contributed by atoms with E-state index < -0.39 is 130 Å². The van der Waals surface area contributed by atoms with E-state index in [9.17, 15) is 69.3 Å². The summed E-state index contributed by atoms with van der Waals surface area (Å²) in [6.45, 7) is 16.5. The number of aliphatic imine (C=N–C) groups is 2. The molecule has 0 aromatic rings. The normalized spacial score (nSPS) is 35.5. The van der Waals surface area contributed by atoms with E-state index in [0.717, 1.165) is 0 Å². The Kier molecular flexibility index (Phi) is 14.2. The second-order valence-electron chi connectivity index (χ2n) is 20.1. The van der Waals surface area contributed by atoms with Crippen LogP contribution in [0, 0.1) is 45.3 Å². The molecule has 356 valence electrons. The van der Waals surface area contributed by atoms with Crippen LogP contribution in [-0.2, 0) is 33.6 Å². The van der Waals surface area contributed by atoms with Crippen molar-refractivity contribution < 1.29 is 69.3 Å². The van der Waals surface area contributed by atoms with Gasteiger partial charge < -0.3 is 46.4 Å². The molecule has 65 heavy (non-hydrogen) atoms. The Bertz CT molecular complexity index is 2220. The molecule has 0 radical (unpaired) electrons. The Hall–Kier alpha value is -5.65. The van der Waals surface area contributed by atoms with E-state index >= 15 is 0 Å². The number of carbonyl (C=O) groups is 7. The number of carboxylic acid groups (broad SMARTS) is 7. The van der Waals surface area contributed by atoms with Crippen LogP contribution in [0.4, 0.5) is 0 Å². The first kappa shape index (κ1) is 50.4. The van der Waals surface area contributed by atoms with Crippen LogP contribution in [0.2, 0.25) is 0 Å². The van der Waals surface area contributed by atoms with Crippen molar-refractivity contribution in [3.05, 3.63) is 47.0 Å². The highest BCUT2D eigenvalue weighted by Gasteiger charge is 2.68. The molecular formula is C47H64N4O14. The fourth-order valence-corrected chi connectivity index (χ4v) is 12.4. The average molecular weight is 909 g/mol. The molecule has 8 bridgehead atoms. The van der Waals surface area contributed by atoms with Crippen molar-refractivity contribution in [3.8, 4) is 0 Å². The summed E-state index contributed by atoms with van der Waals surface area (Å²) >= 11 is 0. The number of hydrogen-bond donors (Lipinski definition) is 9. The van der Waals surface area contributed by atoms with Crippen LogP contribution in [0.5, 0.6) is 0 Å². The SMILES string of the molecule is C=CC/C1=C2/N/C(=C\C3=NC(=C(CCC(=O)O)C3(C)C)[C@@H](C)C3N[C@H]([C@H](CC(=O)O)[C@@]3(C)CCC(=O)O)[C@]3(C)N=C1[C@@H](CCC(=O)O)[C@]3(C)CC(=O)O)[C@@H](CCC(=O)O)[C@]2(C)CC(=O)O. The Morgan fingerprint density at radius 3 is 1.83 bits per heavy atom. The average Bonchev–Trinajstić information content (AvgIpc) is 3.77. The topological polar surface area (TPSA) is 310 Å². The van der Waals surface area contributed by atoms with Gasteiger partial charge in [0.05, 0.1) is 30.5 Å². The molecule has 5 aliphatic rings. The molecule has 2 fully saturated rings. The Balaban J connectivity index is 2.03. The number of allylic oxidation sites excluding steroid dienone is 6. The maximum absolute atomic E-state index is 13.2. The summed E-state index contributed by atoms with van der Waals surface area (Å²) < 4.78 is 0. The summed E-state index contributed by atoms with van der Waals surface area (Å²) in [6.07, 6.45) is 0.203. The van der Waals surface area contributed by atoms with Gasteiger partial charge >= 0.3 is 41.8 Å². The highest BCUT2D eigenvalue weighted by Crippen LogP contribution is 2.62. The van der Waals surface area contributed by atoms with Gasteiger partial charge in [0.2, 0.25) is 0 Å². The van der Waals surface area contributed by atoms with Crippen LogP contribution in [0.1, 0.15) is 126 Å². The van der Waals surface area contributed by atoms with E-state index in [1.54, 1.807) is 32.9 Å². The summed E-state index contributed by atoms with van der Waals surface area (Å²) in [7, 11) is 0. The molecule has 5 aliphatic heterocycles. The first-order valence-corrected chi connectivity index (χ1v) is 22.1. The van der Waals surface area contributed by atoms with Crippen LogP contribution in [0.25, 0.3) is 0 Å². The second kappa shape index (κ2) is 18.3. The van der Waals surface area contributed by atoms with Gasteiger partial charge in [-0.2, -0.15) is 0 Å². The molecule has 0 amide bonds. The molecule has 0 aromatic heterocycles. The fourth-order valence-electron chi connectivity index (χ4n) is 12.4. The molecule has 18 heteroatoms. The summed E-state index contributed by atoms with van der Waals surface area (Å²) in [5, 5.41) is 79.4. The molecular weight excluding hydrogens is 845 g/mol. The third kappa shape index (κ3) is 9.14. The highest BCUT2D eigenvalue weighted by molar-refractivity contribution is 6.07. The zero-order valence-corrected chi connectivity index (χ0v) is 38.2. The van der Waals surface area contributed by atoms with Gasteiger partial charge in [0, 0.05) is 94.6 Å². The van der Waals surface area contributed by atoms with Crippen molar-refractivity contribution in [2.24, 2.45) is 55.3 Å². The highest BCUT2D eigenvalue weighted by atomic mass is 16.4. The zero-order valence-electron chi connectivity index (χ0n) is 38.2. The molecule has 10 atom stereocenters. The summed E-state index contributed by atoms with van der Waals surface area (Å²) in [6, 6.07) is -1.76. The maximum Gasteiger partial charge on any atom is 0.304 e. The van der Waals surface area contributed by atoms with E-state index in [4.69, 9.17) is 9.98 Å². The molecule has 5 rings (SSSR count). The van der Waals surface area contributed by atoms with Gasteiger partial charge in [-0.15, -0.1) is 6.58 Å². The number of carboxylic acids is 7. The van der Waals surface area contributed by atoms with Gasteiger partial charge in [0.25, 0.3) is 0 Å². The second-order valence-corrected chi connectivity index (χ2v) is 20.1. The largest absolute Gasteiger partial charge is 0.481 e. The van der Waals surface area contributed by atoms with Gasteiger partial charge in [-0.05, 0) is 67.6 Å². The number of rotatable bonds is 20. The third-order valence-electron chi connectivity index (χ3n) is 15.8. The predicted octanol–water partition coefficient (Wildman–Crippen LogP) is 5.99. The minimum Gasteiger partial charge on any atom is -0.481 e. The van der Waals surface area contributed by atoms with Crippen molar-refractivity contribution in [2.75, 3.05) is 0 Å². The quantitative estimate of drug-likeness (QED) is 0.0633. The lowest BCUT2D eigenvalue weighted by Gasteiger charge is -2.48. The number of nitrogens with one attached hydrogen (secondary N) is 2. The van der Waals surface area contributed by atoms with Crippen LogP contribution in [-0.4, -0.2) is 107 Å².